The van der Waals surface area contributed by atoms with Crippen LogP contribution in [0.3, 0.4) is 0 Å². The molecule has 0 aliphatic carbocycles. The zero-order valence-electron chi connectivity index (χ0n) is 22.6. The number of carbonyl (C=O) groups is 1. The Morgan fingerprint density at radius 1 is 1.08 bits per heavy atom. The van der Waals surface area contributed by atoms with Crippen LogP contribution in [0.15, 0.2) is 41.3 Å². The van der Waals surface area contributed by atoms with Crippen molar-refractivity contribution >= 4 is 27.3 Å². The Kier molecular flexibility index (Phi) is 9.18. The van der Waals surface area contributed by atoms with Crippen molar-refractivity contribution in [2.75, 3.05) is 53.4 Å². The minimum atomic E-state index is -0.0345. The molecule has 7 nitrogen and oxygen atoms in total. The minimum Gasteiger partial charge on any atom is -0.396 e. The number of benzene rings is 1. The van der Waals surface area contributed by atoms with Crippen molar-refractivity contribution in [1.82, 2.24) is 19.3 Å². The highest BCUT2D eigenvalue weighted by Gasteiger charge is 2.24. The first-order valence-electron chi connectivity index (χ1n) is 13.3. The first-order chi connectivity index (χ1) is 17.8. The molecule has 37 heavy (non-hydrogen) atoms. The molecular formula is C29H40N4O3S. The molecule has 200 valence electrons. The number of hydrogen-bond donors (Lipinski definition) is 1. The first-order valence-corrected chi connectivity index (χ1v) is 14.1. The number of aliphatic hydroxyl groups excluding tert-OH is 1. The maximum atomic E-state index is 13.8. The number of aliphatic hydroxyl groups is 1. The standard InChI is InChI=1S/C29H40N4O3S/c1-21-25-19-22(23-8-10-27(35)31(4)20-23)7-9-26(25)37-28(21)29(36)33(13-5-6-18-34)17-16-32-14-11-24(12-15-32)30(2)3/h7-10,19-20,24,34H,5-6,11-18H2,1-4H3. The largest absolute Gasteiger partial charge is 0.396 e. The quantitative estimate of drug-likeness (QED) is 0.409. The second-order valence-electron chi connectivity index (χ2n) is 10.4. The summed E-state index contributed by atoms with van der Waals surface area (Å²) in [4.78, 5) is 33.2. The average molecular weight is 525 g/mol. The summed E-state index contributed by atoms with van der Waals surface area (Å²) in [6.07, 6.45) is 5.68. The molecule has 1 amide bonds. The maximum Gasteiger partial charge on any atom is 0.264 e. The van der Waals surface area contributed by atoms with Gasteiger partial charge in [0.15, 0.2) is 0 Å². The van der Waals surface area contributed by atoms with E-state index in [2.05, 4.69) is 42.1 Å². The van der Waals surface area contributed by atoms with Gasteiger partial charge in [-0.15, -0.1) is 11.3 Å². The van der Waals surface area contributed by atoms with E-state index in [1.54, 1.807) is 29.0 Å². The molecule has 1 N–H and O–H groups in total. The van der Waals surface area contributed by atoms with Crippen LogP contribution in [0.1, 0.15) is 40.9 Å². The van der Waals surface area contributed by atoms with Gasteiger partial charge in [-0.2, -0.15) is 0 Å². The molecule has 1 aliphatic rings. The topological polar surface area (TPSA) is 69.0 Å². The molecule has 8 heteroatoms. The molecule has 1 aliphatic heterocycles. The van der Waals surface area contributed by atoms with Crippen molar-refractivity contribution in [1.29, 1.82) is 0 Å². The van der Waals surface area contributed by atoms with Gasteiger partial charge in [-0.1, -0.05) is 6.07 Å². The van der Waals surface area contributed by atoms with Crippen LogP contribution in [0.4, 0.5) is 0 Å². The Morgan fingerprint density at radius 3 is 2.49 bits per heavy atom. The molecular weight excluding hydrogens is 484 g/mol. The van der Waals surface area contributed by atoms with Crippen LogP contribution in [-0.4, -0.2) is 89.7 Å². The SMILES string of the molecule is Cc1c(C(=O)N(CCCCO)CCN2CCC(N(C)C)CC2)sc2ccc(-c3ccc(=O)n(C)c3)cc12. The molecule has 0 saturated carbocycles. The second-order valence-corrected chi connectivity index (χ2v) is 11.4. The first kappa shape index (κ1) is 27.5. The molecule has 1 fully saturated rings. The van der Waals surface area contributed by atoms with E-state index in [-0.39, 0.29) is 18.1 Å². The summed E-state index contributed by atoms with van der Waals surface area (Å²) in [6, 6.07) is 10.3. The summed E-state index contributed by atoms with van der Waals surface area (Å²) in [6.45, 7) is 6.56. The van der Waals surface area contributed by atoms with Crippen LogP contribution in [0.5, 0.6) is 0 Å². The molecule has 1 saturated heterocycles. The molecule has 0 spiro atoms. The Morgan fingerprint density at radius 2 is 1.81 bits per heavy atom. The van der Waals surface area contributed by atoms with Gasteiger partial charge in [0.2, 0.25) is 5.56 Å². The van der Waals surface area contributed by atoms with E-state index in [1.165, 1.54) is 12.8 Å². The summed E-state index contributed by atoms with van der Waals surface area (Å²) in [7, 11) is 6.06. The summed E-state index contributed by atoms with van der Waals surface area (Å²) in [5.41, 5.74) is 2.98. The summed E-state index contributed by atoms with van der Waals surface area (Å²) in [5.74, 6) is 0.0866. The number of fused-ring (bicyclic) bond motifs is 1. The number of rotatable bonds is 10. The number of thiophene rings is 1. The Balaban J connectivity index is 1.52. The monoisotopic (exact) mass is 524 g/mol. The number of nitrogens with zero attached hydrogens (tertiary/aromatic N) is 4. The van der Waals surface area contributed by atoms with Gasteiger partial charge in [-0.3, -0.25) is 9.59 Å². The van der Waals surface area contributed by atoms with Crippen LogP contribution in [0.2, 0.25) is 0 Å². The number of unbranched alkanes of at least 4 members (excludes halogenated alkanes) is 1. The zero-order chi connectivity index (χ0) is 26.5. The fourth-order valence-corrected chi connectivity index (χ4v) is 6.32. The van der Waals surface area contributed by atoms with E-state index in [0.29, 0.717) is 25.6 Å². The zero-order valence-corrected chi connectivity index (χ0v) is 23.4. The fraction of sp³-hybridized carbons (Fsp3) is 0.517. The van der Waals surface area contributed by atoms with Crippen LogP contribution >= 0.6 is 11.3 Å². The lowest BCUT2D eigenvalue weighted by atomic mass is 10.0. The van der Waals surface area contributed by atoms with Crippen molar-refractivity contribution in [2.24, 2.45) is 7.05 Å². The highest BCUT2D eigenvalue weighted by atomic mass is 32.1. The number of aryl methyl sites for hydroxylation is 2. The average Bonchev–Trinajstić information content (AvgIpc) is 3.23. The van der Waals surface area contributed by atoms with Gasteiger partial charge < -0.3 is 24.4 Å². The van der Waals surface area contributed by atoms with Gasteiger partial charge >= 0.3 is 0 Å². The third-order valence-corrected chi connectivity index (χ3v) is 8.91. The Bertz CT molecular complexity index is 1270. The summed E-state index contributed by atoms with van der Waals surface area (Å²) in [5, 5.41) is 10.4. The van der Waals surface area contributed by atoms with Crippen molar-refractivity contribution in [2.45, 2.75) is 38.6 Å². The smallest absolute Gasteiger partial charge is 0.264 e. The maximum absolute atomic E-state index is 13.8. The lowest BCUT2D eigenvalue weighted by Crippen LogP contribution is -2.45. The van der Waals surface area contributed by atoms with Crippen molar-refractivity contribution in [3.05, 3.63) is 57.3 Å². The lowest BCUT2D eigenvalue weighted by molar-refractivity contribution is 0.0712. The number of carbonyl (C=O) groups excluding carboxylic acids is 1. The van der Waals surface area contributed by atoms with Gasteiger partial charge in [-0.05, 0) is 100 Å². The number of hydrogen-bond acceptors (Lipinski definition) is 6. The minimum absolute atomic E-state index is 0.0345. The van der Waals surface area contributed by atoms with Crippen LogP contribution in [0.25, 0.3) is 21.2 Å². The number of likely N-dealkylation sites (tertiary alicyclic amines) is 1. The second kappa shape index (κ2) is 12.3. The third-order valence-electron chi connectivity index (χ3n) is 7.65. The molecule has 3 heterocycles. The molecule has 0 bridgehead atoms. The lowest BCUT2D eigenvalue weighted by Gasteiger charge is -2.36. The van der Waals surface area contributed by atoms with E-state index >= 15 is 0 Å². The van der Waals surface area contributed by atoms with E-state index < -0.39 is 0 Å². The van der Waals surface area contributed by atoms with E-state index in [4.69, 9.17) is 0 Å². The molecule has 3 aromatic rings. The molecule has 0 atom stereocenters. The van der Waals surface area contributed by atoms with Crippen molar-refractivity contribution in [3.8, 4) is 11.1 Å². The Hall–Kier alpha value is -2.52. The van der Waals surface area contributed by atoms with Gasteiger partial charge in [0.25, 0.3) is 5.91 Å². The van der Waals surface area contributed by atoms with Crippen molar-refractivity contribution in [3.63, 3.8) is 0 Å². The molecule has 2 aromatic heterocycles. The molecule has 0 unspecified atom stereocenters. The third kappa shape index (κ3) is 6.49. The van der Waals surface area contributed by atoms with Gasteiger partial charge in [0.1, 0.15) is 0 Å². The highest BCUT2D eigenvalue weighted by Crippen LogP contribution is 2.34. The number of aromatic nitrogens is 1. The number of pyridine rings is 1. The van der Waals surface area contributed by atoms with E-state index in [0.717, 1.165) is 57.7 Å². The predicted octanol–water partition coefficient (Wildman–Crippen LogP) is 3.82. The van der Waals surface area contributed by atoms with Crippen molar-refractivity contribution < 1.29 is 9.90 Å². The van der Waals surface area contributed by atoms with Crippen LogP contribution in [-0.2, 0) is 7.05 Å². The van der Waals surface area contributed by atoms with E-state index in [9.17, 15) is 14.7 Å². The fourth-order valence-electron chi connectivity index (χ4n) is 5.16. The van der Waals surface area contributed by atoms with Crippen LogP contribution < -0.4 is 5.56 Å². The highest BCUT2D eigenvalue weighted by molar-refractivity contribution is 7.21. The van der Waals surface area contributed by atoms with Gasteiger partial charge in [0, 0.05) is 56.3 Å². The summed E-state index contributed by atoms with van der Waals surface area (Å²) < 4.78 is 2.68. The predicted molar refractivity (Wildman–Crippen MR) is 153 cm³/mol. The molecule has 0 radical (unpaired) electrons. The number of piperidine rings is 1. The van der Waals surface area contributed by atoms with Gasteiger partial charge in [0.05, 0.1) is 4.88 Å². The number of amides is 1. The van der Waals surface area contributed by atoms with E-state index in [1.807, 2.05) is 24.1 Å². The normalized spacial score (nSPS) is 15.1. The van der Waals surface area contributed by atoms with Crippen LogP contribution in [0, 0.1) is 6.92 Å². The van der Waals surface area contributed by atoms with Gasteiger partial charge in [-0.25, -0.2) is 0 Å². The Labute approximate surface area is 223 Å². The molecule has 1 aromatic carbocycles. The summed E-state index contributed by atoms with van der Waals surface area (Å²) >= 11 is 1.56. The molecule has 4 rings (SSSR count).